The first kappa shape index (κ1) is 12.4. The summed E-state index contributed by atoms with van der Waals surface area (Å²) in [5.41, 5.74) is 4.55. The van der Waals surface area contributed by atoms with Crippen molar-refractivity contribution in [3.05, 3.63) is 59.3 Å². The summed E-state index contributed by atoms with van der Waals surface area (Å²) in [5.74, 6) is -0.106. The number of anilines is 1. The van der Waals surface area contributed by atoms with E-state index in [1.54, 1.807) is 12.3 Å². The fraction of sp³-hybridized carbons (Fsp3) is 0.125. The van der Waals surface area contributed by atoms with Crippen LogP contribution < -0.4 is 5.32 Å². The van der Waals surface area contributed by atoms with E-state index in [1.165, 1.54) is 0 Å². The first-order valence-electron chi connectivity index (χ1n) is 6.46. The zero-order chi connectivity index (χ0) is 14.1. The minimum absolute atomic E-state index is 0.106. The number of amides is 1. The number of rotatable bonds is 2. The van der Waals surface area contributed by atoms with Crippen molar-refractivity contribution in [2.45, 2.75) is 13.8 Å². The van der Waals surface area contributed by atoms with Gasteiger partial charge < -0.3 is 5.32 Å². The van der Waals surface area contributed by atoms with Crippen molar-refractivity contribution >= 4 is 22.5 Å². The molecular formula is C16H15N3O. The number of hydrogen-bond acceptors (Lipinski definition) is 2. The minimum atomic E-state index is -0.106. The van der Waals surface area contributed by atoms with Crippen molar-refractivity contribution in [2.24, 2.45) is 0 Å². The van der Waals surface area contributed by atoms with Crippen LogP contribution in [0, 0.1) is 13.8 Å². The Morgan fingerprint density at radius 3 is 2.65 bits per heavy atom. The molecule has 3 rings (SSSR count). The molecule has 0 aliphatic heterocycles. The van der Waals surface area contributed by atoms with Gasteiger partial charge in [-0.2, -0.15) is 5.10 Å². The predicted octanol–water partition coefficient (Wildman–Crippen LogP) is 3.43. The highest BCUT2D eigenvalue weighted by Crippen LogP contribution is 2.21. The summed E-state index contributed by atoms with van der Waals surface area (Å²) < 4.78 is 0. The van der Waals surface area contributed by atoms with E-state index in [1.807, 2.05) is 44.2 Å². The van der Waals surface area contributed by atoms with E-state index in [0.717, 1.165) is 27.7 Å². The SMILES string of the molecule is Cc1cccc(C)c1NC(=O)c1ccc2[nH]ncc2c1. The van der Waals surface area contributed by atoms with Gasteiger partial charge in [-0.1, -0.05) is 18.2 Å². The molecule has 1 heterocycles. The first-order valence-corrected chi connectivity index (χ1v) is 6.46. The van der Waals surface area contributed by atoms with Crippen LogP contribution in [-0.2, 0) is 0 Å². The van der Waals surface area contributed by atoms with Crippen LogP contribution in [0.25, 0.3) is 10.9 Å². The zero-order valence-electron chi connectivity index (χ0n) is 11.4. The molecule has 1 amide bonds. The molecule has 100 valence electrons. The third-order valence-electron chi connectivity index (χ3n) is 3.42. The molecule has 0 spiro atoms. The van der Waals surface area contributed by atoms with E-state index in [2.05, 4.69) is 15.5 Å². The number of H-pyrrole nitrogens is 1. The average molecular weight is 265 g/mol. The summed E-state index contributed by atoms with van der Waals surface area (Å²) in [6, 6.07) is 11.5. The summed E-state index contributed by atoms with van der Waals surface area (Å²) in [6.45, 7) is 3.98. The van der Waals surface area contributed by atoms with Crippen LogP contribution in [0.4, 0.5) is 5.69 Å². The quantitative estimate of drug-likeness (QED) is 0.745. The van der Waals surface area contributed by atoms with Crippen molar-refractivity contribution in [1.82, 2.24) is 10.2 Å². The zero-order valence-corrected chi connectivity index (χ0v) is 11.4. The molecule has 0 saturated heterocycles. The standard InChI is InChI=1S/C16H15N3O/c1-10-4-3-5-11(2)15(10)18-16(20)12-6-7-14-13(8-12)9-17-19-14/h3-9H,1-2H3,(H,17,19)(H,18,20). The molecule has 2 aromatic carbocycles. The fourth-order valence-electron chi connectivity index (χ4n) is 2.28. The Labute approximate surface area is 116 Å². The maximum Gasteiger partial charge on any atom is 0.255 e. The lowest BCUT2D eigenvalue weighted by atomic mass is 10.1. The third kappa shape index (κ3) is 2.16. The highest BCUT2D eigenvalue weighted by molar-refractivity contribution is 6.06. The molecule has 1 aromatic heterocycles. The molecule has 0 saturated carbocycles. The van der Waals surface area contributed by atoms with E-state index < -0.39 is 0 Å². The molecule has 4 heteroatoms. The van der Waals surface area contributed by atoms with Gasteiger partial charge in [0, 0.05) is 16.6 Å². The van der Waals surface area contributed by atoms with Crippen LogP contribution in [0.15, 0.2) is 42.6 Å². The van der Waals surface area contributed by atoms with Gasteiger partial charge in [-0.05, 0) is 43.2 Å². The van der Waals surface area contributed by atoms with Crippen molar-refractivity contribution in [2.75, 3.05) is 5.32 Å². The number of aryl methyl sites for hydroxylation is 2. The van der Waals surface area contributed by atoms with Gasteiger partial charge in [0.1, 0.15) is 0 Å². The molecular weight excluding hydrogens is 250 g/mol. The van der Waals surface area contributed by atoms with Crippen molar-refractivity contribution in [3.8, 4) is 0 Å². The second-order valence-corrected chi connectivity index (χ2v) is 4.89. The van der Waals surface area contributed by atoms with Gasteiger partial charge in [-0.15, -0.1) is 0 Å². The molecule has 0 radical (unpaired) electrons. The number of aromatic nitrogens is 2. The van der Waals surface area contributed by atoms with Gasteiger partial charge in [0.25, 0.3) is 5.91 Å². The Kier molecular flexibility index (Phi) is 2.99. The molecule has 3 aromatic rings. The van der Waals surface area contributed by atoms with Crippen molar-refractivity contribution < 1.29 is 4.79 Å². The highest BCUT2D eigenvalue weighted by Gasteiger charge is 2.10. The Morgan fingerprint density at radius 1 is 1.15 bits per heavy atom. The molecule has 20 heavy (non-hydrogen) atoms. The predicted molar refractivity (Wildman–Crippen MR) is 80.0 cm³/mol. The van der Waals surface area contributed by atoms with Gasteiger partial charge in [0.2, 0.25) is 0 Å². The second-order valence-electron chi connectivity index (χ2n) is 4.89. The number of carbonyl (C=O) groups is 1. The van der Waals surface area contributed by atoms with Crippen LogP contribution in [0.2, 0.25) is 0 Å². The third-order valence-corrected chi connectivity index (χ3v) is 3.42. The van der Waals surface area contributed by atoms with E-state index in [9.17, 15) is 4.79 Å². The van der Waals surface area contributed by atoms with Gasteiger partial charge in [0.05, 0.1) is 11.7 Å². The van der Waals surface area contributed by atoms with E-state index in [-0.39, 0.29) is 5.91 Å². The van der Waals surface area contributed by atoms with Gasteiger partial charge in [-0.25, -0.2) is 0 Å². The number of aromatic amines is 1. The summed E-state index contributed by atoms with van der Waals surface area (Å²) in [7, 11) is 0. The molecule has 4 nitrogen and oxygen atoms in total. The maximum absolute atomic E-state index is 12.3. The second kappa shape index (κ2) is 4.81. The molecule has 0 bridgehead atoms. The van der Waals surface area contributed by atoms with Crippen LogP contribution in [0.3, 0.4) is 0 Å². The lowest BCUT2D eigenvalue weighted by molar-refractivity contribution is 0.102. The van der Waals surface area contributed by atoms with Crippen LogP contribution >= 0.6 is 0 Å². The number of nitrogens with one attached hydrogen (secondary N) is 2. The number of nitrogens with zero attached hydrogens (tertiary/aromatic N) is 1. The van der Waals surface area contributed by atoms with Gasteiger partial charge in [0.15, 0.2) is 0 Å². The molecule has 0 atom stereocenters. The first-order chi connectivity index (χ1) is 9.65. The highest BCUT2D eigenvalue weighted by atomic mass is 16.1. The van der Waals surface area contributed by atoms with Crippen LogP contribution in [-0.4, -0.2) is 16.1 Å². The Hall–Kier alpha value is -2.62. The lowest BCUT2D eigenvalue weighted by Crippen LogP contribution is -2.13. The Morgan fingerprint density at radius 2 is 1.90 bits per heavy atom. The van der Waals surface area contributed by atoms with Gasteiger partial charge in [-0.3, -0.25) is 9.89 Å². The topological polar surface area (TPSA) is 57.8 Å². The Bertz CT molecular complexity index is 769. The monoisotopic (exact) mass is 265 g/mol. The Balaban J connectivity index is 1.92. The molecule has 0 fully saturated rings. The summed E-state index contributed by atoms with van der Waals surface area (Å²) in [5, 5.41) is 10.7. The molecule has 0 unspecified atom stereocenters. The van der Waals surface area contributed by atoms with E-state index in [4.69, 9.17) is 0 Å². The fourth-order valence-corrected chi connectivity index (χ4v) is 2.28. The number of benzene rings is 2. The van der Waals surface area contributed by atoms with Crippen molar-refractivity contribution in [3.63, 3.8) is 0 Å². The summed E-state index contributed by atoms with van der Waals surface area (Å²) in [4.78, 5) is 12.3. The smallest absolute Gasteiger partial charge is 0.255 e. The normalized spacial score (nSPS) is 10.7. The number of carbonyl (C=O) groups excluding carboxylic acids is 1. The van der Waals surface area contributed by atoms with Gasteiger partial charge >= 0.3 is 0 Å². The molecule has 0 aliphatic rings. The number of fused-ring (bicyclic) bond motifs is 1. The van der Waals surface area contributed by atoms with E-state index in [0.29, 0.717) is 5.56 Å². The number of hydrogen-bond donors (Lipinski definition) is 2. The molecule has 0 aliphatic carbocycles. The maximum atomic E-state index is 12.3. The van der Waals surface area contributed by atoms with Crippen LogP contribution in [0.5, 0.6) is 0 Å². The van der Waals surface area contributed by atoms with E-state index >= 15 is 0 Å². The molecule has 2 N–H and O–H groups in total. The minimum Gasteiger partial charge on any atom is -0.322 e. The lowest BCUT2D eigenvalue weighted by Gasteiger charge is -2.11. The largest absolute Gasteiger partial charge is 0.322 e. The summed E-state index contributed by atoms with van der Waals surface area (Å²) >= 11 is 0. The summed E-state index contributed by atoms with van der Waals surface area (Å²) in [6.07, 6.45) is 1.71. The van der Waals surface area contributed by atoms with Crippen LogP contribution in [0.1, 0.15) is 21.5 Å². The number of para-hydroxylation sites is 1. The average Bonchev–Trinajstić information content (AvgIpc) is 2.90. The van der Waals surface area contributed by atoms with Crippen molar-refractivity contribution in [1.29, 1.82) is 0 Å².